The smallest absolute Gasteiger partial charge is 0.335 e. The van der Waals surface area contributed by atoms with Gasteiger partial charge in [0.15, 0.2) is 6.10 Å². The summed E-state index contributed by atoms with van der Waals surface area (Å²) in [5, 5.41) is 11.6. The summed E-state index contributed by atoms with van der Waals surface area (Å²) < 4.78 is 10.6. The van der Waals surface area contributed by atoms with Gasteiger partial charge in [0.1, 0.15) is 11.5 Å². The standard InChI is InChI=1S/C18H19NO5/c1-12(24-16-9-5-14(6-10-16)18(21)22)17(20)19-11-13-3-7-15(23-2)8-4-13/h3-10,12H,11H2,1-2H3,(H,19,20)(H,21,22)/t12-/m0/s1. The first-order valence-electron chi connectivity index (χ1n) is 7.40. The molecule has 2 rings (SSSR count). The average Bonchev–Trinajstić information content (AvgIpc) is 2.60. The fraction of sp³-hybridized carbons (Fsp3) is 0.222. The number of amides is 1. The quantitative estimate of drug-likeness (QED) is 0.815. The van der Waals surface area contributed by atoms with Crippen molar-refractivity contribution in [2.45, 2.75) is 19.6 Å². The summed E-state index contributed by atoms with van der Waals surface area (Å²) in [4.78, 5) is 22.9. The molecule has 0 bridgehead atoms. The minimum Gasteiger partial charge on any atom is -0.497 e. The highest BCUT2D eigenvalue weighted by Crippen LogP contribution is 2.14. The summed E-state index contributed by atoms with van der Waals surface area (Å²) in [6, 6.07) is 13.3. The average molecular weight is 329 g/mol. The number of hydrogen-bond acceptors (Lipinski definition) is 4. The molecule has 6 heteroatoms. The molecule has 0 fully saturated rings. The van der Waals surface area contributed by atoms with Crippen LogP contribution < -0.4 is 14.8 Å². The zero-order valence-corrected chi connectivity index (χ0v) is 13.5. The first kappa shape index (κ1) is 17.3. The Morgan fingerprint density at radius 2 is 1.62 bits per heavy atom. The van der Waals surface area contributed by atoms with Crippen LogP contribution in [0.15, 0.2) is 48.5 Å². The summed E-state index contributed by atoms with van der Waals surface area (Å²) in [6.45, 7) is 2.02. The predicted octanol–water partition coefficient (Wildman–Crippen LogP) is 2.48. The van der Waals surface area contributed by atoms with Gasteiger partial charge in [-0.05, 0) is 48.9 Å². The second kappa shape index (κ2) is 8.01. The Morgan fingerprint density at radius 1 is 1.04 bits per heavy atom. The van der Waals surface area contributed by atoms with E-state index in [4.69, 9.17) is 14.6 Å². The molecule has 2 aromatic carbocycles. The van der Waals surface area contributed by atoms with Gasteiger partial charge in [-0.25, -0.2) is 4.79 Å². The first-order chi connectivity index (χ1) is 11.5. The Bertz CT molecular complexity index is 694. The van der Waals surface area contributed by atoms with Gasteiger partial charge in [0, 0.05) is 6.54 Å². The van der Waals surface area contributed by atoms with Crippen LogP contribution in [0.2, 0.25) is 0 Å². The van der Waals surface area contributed by atoms with Gasteiger partial charge in [0.25, 0.3) is 5.91 Å². The number of ether oxygens (including phenoxy) is 2. The molecular weight excluding hydrogens is 310 g/mol. The third-order valence-electron chi connectivity index (χ3n) is 3.41. The van der Waals surface area contributed by atoms with Crippen molar-refractivity contribution >= 4 is 11.9 Å². The maximum absolute atomic E-state index is 12.1. The summed E-state index contributed by atoms with van der Waals surface area (Å²) >= 11 is 0. The van der Waals surface area contributed by atoms with Crippen LogP contribution in [0.3, 0.4) is 0 Å². The fourth-order valence-corrected chi connectivity index (χ4v) is 2.01. The van der Waals surface area contributed by atoms with Gasteiger partial charge in [-0.1, -0.05) is 12.1 Å². The Morgan fingerprint density at radius 3 is 2.17 bits per heavy atom. The number of carbonyl (C=O) groups is 2. The molecule has 2 N–H and O–H groups in total. The third-order valence-corrected chi connectivity index (χ3v) is 3.41. The normalized spacial score (nSPS) is 11.4. The number of benzene rings is 2. The van der Waals surface area contributed by atoms with E-state index in [1.54, 1.807) is 14.0 Å². The lowest BCUT2D eigenvalue weighted by Gasteiger charge is -2.15. The number of methoxy groups -OCH3 is 1. The Kier molecular flexibility index (Phi) is 5.78. The molecule has 24 heavy (non-hydrogen) atoms. The highest BCUT2D eigenvalue weighted by Gasteiger charge is 2.14. The SMILES string of the molecule is COc1ccc(CNC(=O)[C@H](C)Oc2ccc(C(=O)O)cc2)cc1. The van der Waals surface area contributed by atoms with Crippen LogP contribution in [0.1, 0.15) is 22.8 Å². The minimum absolute atomic E-state index is 0.166. The van der Waals surface area contributed by atoms with Crippen molar-refractivity contribution in [2.24, 2.45) is 0 Å². The topological polar surface area (TPSA) is 84.9 Å². The van der Waals surface area contributed by atoms with Gasteiger partial charge in [-0.15, -0.1) is 0 Å². The summed E-state index contributed by atoms with van der Waals surface area (Å²) in [6.07, 6.45) is -0.695. The van der Waals surface area contributed by atoms with E-state index in [1.165, 1.54) is 24.3 Å². The molecule has 0 spiro atoms. The van der Waals surface area contributed by atoms with Gasteiger partial charge >= 0.3 is 5.97 Å². The second-order valence-corrected chi connectivity index (χ2v) is 5.16. The van der Waals surface area contributed by atoms with Crippen molar-refractivity contribution in [1.82, 2.24) is 5.32 Å². The lowest BCUT2D eigenvalue weighted by molar-refractivity contribution is -0.127. The monoisotopic (exact) mass is 329 g/mol. The molecule has 0 saturated heterocycles. The van der Waals surface area contributed by atoms with Gasteiger partial charge in [0.2, 0.25) is 0 Å². The van der Waals surface area contributed by atoms with E-state index in [9.17, 15) is 9.59 Å². The molecule has 0 aromatic heterocycles. The third kappa shape index (κ3) is 4.74. The fourth-order valence-electron chi connectivity index (χ4n) is 2.01. The van der Waals surface area contributed by atoms with Crippen LogP contribution in [0, 0.1) is 0 Å². The molecule has 0 unspecified atom stereocenters. The van der Waals surface area contributed by atoms with E-state index >= 15 is 0 Å². The number of hydrogen-bond donors (Lipinski definition) is 2. The molecule has 0 aliphatic rings. The van der Waals surface area contributed by atoms with Crippen LogP contribution >= 0.6 is 0 Å². The first-order valence-corrected chi connectivity index (χ1v) is 7.40. The van der Waals surface area contributed by atoms with Crippen molar-refractivity contribution in [2.75, 3.05) is 7.11 Å². The van der Waals surface area contributed by atoms with E-state index in [-0.39, 0.29) is 11.5 Å². The number of carboxylic acids is 1. The highest BCUT2D eigenvalue weighted by atomic mass is 16.5. The maximum Gasteiger partial charge on any atom is 0.335 e. The molecule has 1 atom stereocenters. The number of carboxylic acid groups (broad SMARTS) is 1. The van der Waals surface area contributed by atoms with Gasteiger partial charge in [0.05, 0.1) is 12.7 Å². The molecule has 0 aliphatic heterocycles. The van der Waals surface area contributed by atoms with E-state index in [0.29, 0.717) is 12.3 Å². The van der Waals surface area contributed by atoms with Crippen LogP contribution in [-0.4, -0.2) is 30.2 Å². The van der Waals surface area contributed by atoms with E-state index in [2.05, 4.69) is 5.32 Å². The van der Waals surface area contributed by atoms with E-state index in [0.717, 1.165) is 11.3 Å². The van der Waals surface area contributed by atoms with Gasteiger partial charge < -0.3 is 19.9 Å². The zero-order chi connectivity index (χ0) is 17.5. The molecule has 0 saturated carbocycles. The van der Waals surface area contributed by atoms with Crippen molar-refractivity contribution < 1.29 is 24.2 Å². The predicted molar refractivity (Wildman–Crippen MR) is 88.3 cm³/mol. The maximum atomic E-state index is 12.1. The van der Waals surface area contributed by atoms with Crippen LogP contribution in [0.4, 0.5) is 0 Å². The van der Waals surface area contributed by atoms with Crippen molar-refractivity contribution in [1.29, 1.82) is 0 Å². The molecule has 1 amide bonds. The Labute approximate surface area is 140 Å². The van der Waals surface area contributed by atoms with Crippen molar-refractivity contribution in [3.05, 3.63) is 59.7 Å². The number of carbonyl (C=O) groups excluding carboxylic acids is 1. The molecule has 6 nitrogen and oxygen atoms in total. The number of nitrogens with one attached hydrogen (secondary N) is 1. The summed E-state index contributed by atoms with van der Waals surface area (Å²) in [5.41, 5.74) is 1.11. The molecule has 126 valence electrons. The second-order valence-electron chi connectivity index (χ2n) is 5.16. The lowest BCUT2D eigenvalue weighted by Crippen LogP contribution is -2.35. The van der Waals surface area contributed by atoms with Gasteiger partial charge in [-0.2, -0.15) is 0 Å². The summed E-state index contributed by atoms with van der Waals surface area (Å²) in [5.74, 6) is -0.0707. The van der Waals surface area contributed by atoms with Gasteiger partial charge in [-0.3, -0.25) is 4.79 Å². The Balaban J connectivity index is 1.85. The molecule has 0 heterocycles. The zero-order valence-electron chi connectivity index (χ0n) is 13.5. The number of aromatic carboxylic acids is 1. The van der Waals surface area contributed by atoms with E-state index in [1.807, 2.05) is 24.3 Å². The van der Waals surface area contributed by atoms with Crippen LogP contribution in [0.5, 0.6) is 11.5 Å². The number of rotatable bonds is 7. The molecule has 2 aromatic rings. The van der Waals surface area contributed by atoms with Crippen molar-refractivity contribution in [3.8, 4) is 11.5 Å². The lowest BCUT2D eigenvalue weighted by atomic mass is 10.2. The van der Waals surface area contributed by atoms with Crippen LogP contribution in [-0.2, 0) is 11.3 Å². The minimum atomic E-state index is -1.01. The van der Waals surface area contributed by atoms with Crippen molar-refractivity contribution in [3.63, 3.8) is 0 Å². The largest absolute Gasteiger partial charge is 0.497 e. The summed E-state index contributed by atoms with van der Waals surface area (Å²) in [7, 11) is 1.60. The molecule has 0 aliphatic carbocycles. The van der Waals surface area contributed by atoms with Crippen LogP contribution in [0.25, 0.3) is 0 Å². The molecular formula is C18H19NO5. The van der Waals surface area contributed by atoms with E-state index < -0.39 is 12.1 Å². The molecule has 0 radical (unpaired) electrons. The Hall–Kier alpha value is -3.02. The highest BCUT2D eigenvalue weighted by molar-refractivity contribution is 5.87.